The Kier molecular flexibility index (Phi) is 4.18. The van der Waals surface area contributed by atoms with Crippen LogP contribution in [0.1, 0.15) is 28.5 Å². The summed E-state index contributed by atoms with van der Waals surface area (Å²) in [5.41, 5.74) is 4.31. The van der Waals surface area contributed by atoms with E-state index in [2.05, 4.69) is 11.4 Å². The molecule has 1 atom stereocenters. The Morgan fingerprint density at radius 1 is 1.10 bits per heavy atom. The molecule has 0 spiro atoms. The van der Waals surface area contributed by atoms with Gasteiger partial charge in [-0.25, -0.2) is 0 Å². The molecule has 2 aromatic rings. The van der Waals surface area contributed by atoms with Crippen LogP contribution in [0.15, 0.2) is 42.5 Å². The number of amides is 1. The van der Waals surface area contributed by atoms with Gasteiger partial charge in [-0.1, -0.05) is 35.9 Å². The number of nitrogens with one attached hydrogen (secondary N) is 1. The average Bonchev–Trinajstić information content (AvgIpc) is 2.49. The summed E-state index contributed by atoms with van der Waals surface area (Å²) in [5.74, 6) is 0.0823. The van der Waals surface area contributed by atoms with Gasteiger partial charge in [0.1, 0.15) is 0 Å². The van der Waals surface area contributed by atoms with Gasteiger partial charge >= 0.3 is 0 Å². The van der Waals surface area contributed by atoms with Gasteiger partial charge in [-0.15, -0.1) is 11.6 Å². The minimum Gasteiger partial charge on any atom is -0.326 e. The monoisotopic (exact) mass is 319 g/mol. The lowest BCUT2D eigenvalue weighted by Gasteiger charge is -2.19. The third kappa shape index (κ3) is 3.39. The van der Waals surface area contributed by atoms with E-state index in [1.54, 1.807) is 0 Å². The van der Waals surface area contributed by atoms with E-state index in [-0.39, 0.29) is 11.3 Å². The minimum absolute atomic E-state index is 0.0823. The lowest BCUT2D eigenvalue weighted by molar-refractivity contribution is -0.116. The maximum Gasteiger partial charge on any atom is 0.224 e. The van der Waals surface area contributed by atoms with Gasteiger partial charge in [-0.3, -0.25) is 4.79 Å². The summed E-state index contributed by atoms with van der Waals surface area (Å²) >= 11 is 12.4. The van der Waals surface area contributed by atoms with Crippen molar-refractivity contribution in [2.75, 3.05) is 5.32 Å². The fourth-order valence-electron chi connectivity index (χ4n) is 2.54. The molecule has 1 aliphatic heterocycles. The predicted molar refractivity (Wildman–Crippen MR) is 87.1 cm³/mol. The van der Waals surface area contributed by atoms with Crippen molar-refractivity contribution in [3.8, 4) is 0 Å². The summed E-state index contributed by atoms with van der Waals surface area (Å²) in [6.45, 7) is 0. The van der Waals surface area contributed by atoms with Gasteiger partial charge in [0.05, 0.1) is 5.38 Å². The number of benzene rings is 2. The van der Waals surface area contributed by atoms with E-state index in [1.807, 2.05) is 36.4 Å². The number of carbonyl (C=O) groups is 1. The molecule has 0 radical (unpaired) electrons. The maximum atomic E-state index is 11.4. The fraction of sp³-hybridized carbons (Fsp3) is 0.235. The molecule has 1 unspecified atom stereocenters. The fourth-order valence-corrected chi connectivity index (χ4v) is 2.98. The average molecular weight is 320 g/mol. The van der Waals surface area contributed by atoms with Gasteiger partial charge in [0, 0.05) is 17.1 Å². The van der Waals surface area contributed by atoms with E-state index < -0.39 is 0 Å². The molecule has 21 heavy (non-hydrogen) atoms. The Balaban J connectivity index is 1.77. The first-order chi connectivity index (χ1) is 10.1. The van der Waals surface area contributed by atoms with Crippen molar-refractivity contribution in [2.24, 2.45) is 0 Å². The summed E-state index contributed by atoms with van der Waals surface area (Å²) in [6.07, 6.45) is 2.07. The summed E-state index contributed by atoms with van der Waals surface area (Å²) < 4.78 is 0. The van der Waals surface area contributed by atoms with Crippen LogP contribution in [-0.2, 0) is 17.6 Å². The summed E-state index contributed by atoms with van der Waals surface area (Å²) in [6, 6.07) is 13.8. The molecule has 108 valence electrons. The van der Waals surface area contributed by atoms with E-state index in [0.717, 1.165) is 40.2 Å². The number of alkyl halides is 1. The number of hydrogen-bond acceptors (Lipinski definition) is 1. The normalized spacial score (nSPS) is 15.2. The van der Waals surface area contributed by atoms with Gasteiger partial charge in [0.15, 0.2) is 0 Å². The van der Waals surface area contributed by atoms with Crippen LogP contribution in [0.25, 0.3) is 0 Å². The Hall–Kier alpha value is -1.51. The summed E-state index contributed by atoms with van der Waals surface area (Å²) in [4.78, 5) is 11.4. The second kappa shape index (κ2) is 6.08. The van der Waals surface area contributed by atoms with E-state index in [1.165, 1.54) is 0 Å². The van der Waals surface area contributed by atoms with Crippen LogP contribution in [0.4, 0.5) is 5.69 Å². The smallest absolute Gasteiger partial charge is 0.224 e. The van der Waals surface area contributed by atoms with Crippen molar-refractivity contribution in [1.82, 2.24) is 0 Å². The first kappa shape index (κ1) is 14.4. The van der Waals surface area contributed by atoms with E-state index >= 15 is 0 Å². The first-order valence-electron chi connectivity index (χ1n) is 6.93. The first-order valence-corrected chi connectivity index (χ1v) is 7.74. The molecule has 0 saturated carbocycles. The number of halogens is 2. The number of aryl methyl sites for hydroxylation is 1. The second-order valence-corrected chi connectivity index (χ2v) is 6.23. The number of rotatable bonds is 3. The zero-order valence-electron chi connectivity index (χ0n) is 11.4. The van der Waals surface area contributed by atoms with Crippen molar-refractivity contribution < 1.29 is 4.79 Å². The standard InChI is InChI=1S/C17H15Cl2NO/c18-14-5-1-11(2-6-14)9-15(19)12-3-7-16-13(10-12)4-8-17(21)20-16/h1-3,5-7,10,15H,4,8-9H2,(H,20,21). The molecular formula is C17H15Cl2NO. The third-order valence-corrected chi connectivity index (χ3v) is 4.37. The molecule has 1 heterocycles. The molecule has 1 aliphatic rings. The number of anilines is 1. The van der Waals surface area contributed by atoms with Gasteiger partial charge < -0.3 is 5.32 Å². The van der Waals surface area contributed by atoms with Crippen LogP contribution in [0.5, 0.6) is 0 Å². The van der Waals surface area contributed by atoms with Crippen LogP contribution in [-0.4, -0.2) is 5.91 Å². The predicted octanol–water partition coefficient (Wildman–Crippen LogP) is 4.75. The van der Waals surface area contributed by atoms with E-state index in [4.69, 9.17) is 23.2 Å². The Labute approximate surface area is 134 Å². The highest BCUT2D eigenvalue weighted by molar-refractivity contribution is 6.30. The van der Waals surface area contributed by atoms with E-state index in [9.17, 15) is 4.79 Å². The molecule has 2 nitrogen and oxygen atoms in total. The molecule has 0 bridgehead atoms. The molecule has 2 aromatic carbocycles. The Morgan fingerprint density at radius 2 is 1.86 bits per heavy atom. The summed E-state index contributed by atoms with van der Waals surface area (Å²) in [5, 5.41) is 3.53. The largest absolute Gasteiger partial charge is 0.326 e. The Morgan fingerprint density at radius 3 is 2.62 bits per heavy atom. The van der Waals surface area contributed by atoms with Crippen molar-refractivity contribution in [3.05, 3.63) is 64.2 Å². The highest BCUT2D eigenvalue weighted by Crippen LogP contribution is 2.30. The molecule has 4 heteroatoms. The lowest BCUT2D eigenvalue weighted by Crippen LogP contribution is -2.19. The minimum atomic E-state index is -0.0888. The quantitative estimate of drug-likeness (QED) is 0.813. The molecule has 0 saturated heterocycles. The van der Waals surface area contributed by atoms with Crippen LogP contribution < -0.4 is 5.32 Å². The molecule has 1 amide bonds. The summed E-state index contributed by atoms with van der Waals surface area (Å²) in [7, 11) is 0. The molecular weight excluding hydrogens is 305 g/mol. The van der Waals surface area contributed by atoms with Crippen LogP contribution in [0, 0.1) is 0 Å². The third-order valence-electron chi connectivity index (χ3n) is 3.71. The van der Waals surface area contributed by atoms with Crippen molar-refractivity contribution in [2.45, 2.75) is 24.6 Å². The van der Waals surface area contributed by atoms with Crippen molar-refractivity contribution in [1.29, 1.82) is 0 Å². The number of fused-ring (bicyclic) bond motifs is 1. The van der Waals surface area contributed by atoms with Crippen molar-refractivity contribution >= 4 is 34.8 Å². The highest BCUT2D eigenvalue weighted by atomic mass is 35.5. The molecule has 1 N–H and O–H groups in total. The topological polar surface area (TPSA) is 29.1 Å². The Bertz CT molecular complexity index is 667. The van der Waals surface area contributed by atoms with Gasteiger partial charge in [-0.05, 0) is 47.7 Å². The van der Waals surface area contributed by atoms with Crippen LogP contribution >= 0.6 is 23.2 Å². The lowest BCUT2D eigenvalue weighted by atomic mass is 9.97. The van der Waals surface area contributed by atoms with Gasteiger partial charge in [-0.2, -0.15) is 0 Å². The molecule has 0 fully saturated rings. The molecule has 0 aromatic heterocycles. The number of carbonyl (C=O) groups excluding carboxylic acids is 1. The number of hydrogen-bond donors (Lipinski definition) is 1. The van der Waals surface area contributed by atoms with Crippen LogP contribution in [0.3, 0.4) is 0 Å². The maximum absolute atomic E-state index is 11.4. The molecule has 0 aliphatic carbocycles. The van der Waals surface area contributed by atoms with Gasteiger partial charge in [0.2, 0.25) is 5.91 Å². The zero-order chi connectivity index (χ0) is 14.8. The molecule has 3 rings (SSSR count). The van der Waals surface area contributed by atoms with E-state index in [0.29, 0.717) is 6.42 Å². The van der Waals surface area contributed by atoms with Crippen LogP contribution in [0.2, 0.25) is 5.02 Å². The highest BCUT2D eigenvalue weighted by Gasteiger charge is 2.17. The SMILES string of the molecule is O=C1CCc2cc(C(Cl)Cc3ccc(Cl)cc3)ccc2N1. The van der Waals surface area contributed by atoms with Gasteiger partial charge in [0.25, 0.3) is 0 Å². The van der Waals surface area contributed by atoms with Crippen molar-refractivity contribution in [3.63, 3.8) is 0 Å². The second-order valence-electron chi connectivity index (χ2n) is 5.26. The zero-order valence-corrected chi connectivity index (χ0v) is 12.9.